The van der Waals surface area contributed by atoms with Gasteiger partial charge in [-0.2, -0.15) is 0 Å². The minimum Gasteiger partial charge on any atom is -0.381 e. The number of nitrogens with two attached hydrogens (primary N) is 1. The predicted octanol–water partition coefficient (Wildman–Crippen LogP) is 0.710. The zero-order chi connectivity index (χ0) is 14.2. The van der Waals surface area contributed by atoms with Gasteiger partial charge in [0.2, 0.25) is 10.0 Å². The predicted molar refractivity (Wildman–Crippen MR) is 76.8 cm³/mol. The van der Waals surface area contributed by atoms with Crippen molar-refractivity contribution in [3.05, 3.63) is 35.4 Å². The molecule has 0 amide bonds. The molecule has 3 N–H and O–H groups in total. The highest BCUT2D eigenvalue weighted by Gasteiger charge is 2.36. The summed E-state index contributed by atoms with van der Waals surface area (Å²) in [6.45, 7) is 1.03. The minimum atomic E-state index is -3.35. The maximum Gasteiger partial charge on any atom is 0.215 e. The van der Waals surface area contributed by atoms with Crippen LogP contribution >= 0.6 is 0 Å². The first kappa shape index (κ1) is 14.0. The summed E-state index contributed by atoms with van der Waals surface area (Å²) in [7, 11) is -3.35. The zero-order valence-electron chi connectivity index (χ0n) is 11.3. The van der Waals surface area contributed by atoms with Crippen molar-refractivity contribution in [2.45, 2.75) is 36.6 Å². The lowest BCUT2D eigenvalue weighted by atomic mass is 10.1. The average Bonchev–Trinajstić information content (AvgIpc) is 2.76. The van der Waals surface area contributed by atoms with Gasteiger partial charge in [0.15, 0.2) is 0 Å². The molecule has 1 aromatic carbocycles. The van der Waals surface area contributed by atoms with Crippen molar-refractivity contribution in [1.29, 1.82) is 0 Å². The van der Waals surface area contributed by atoms with Crippen LogP contribution in [0.5, 0.6) is 0 Å². The lowest BCUT2D eigenvalue weighted by Crippen LogP contribution is -2.44. The highest BCUT2D eigenvalue weighted by molar-refractivity contribution is 7.90. The van der Waals surface area contributed by atoms with Crippen LogP contribution in [-0.4, -0.2) is 32.9 Å². The van der Waals surface area contributed by atoms with E-state index in [9.17, 15) is 8.42 Å². The van der Waals surface area contributed by atoms with Gasteiger partial charge in [0.1, 0.15) is 0 Å². The van der Waals surface area contributed by atoms with Gasteiger partial charge in [0.25, 0.3) is 0 Å². The van der Waals surface area contributed by atoms with Gasteiger partial charge in [-0.05, 0) is 30.4 Å². The molecule has 0 spiro atoms. The number of rotatable bonds is 3. The summed E-state index contributed by atoms with van der Waals surface area (Å²) in [5, 5.41) is -0.365. The van der Waals surface area contributed by atoms with E-state index in [2.05, 4.69) is 4.72 Å². The Morgan fingerprint density at radius 2 is 1.90 bits per heavy atom. The van der Waals surface area contributed by atoms with E-state index >= 15 is 0 Å². The Labute approximate surface area is 119 Å². The Morgan fingerprint density at radius 1 is 1.20 bits per heavy atom. The number of nitrogens with one attached hydrogen (secondary N) is 1. The Balaban J connectivity index is 1.80. The summed E-state index contributed by atoms with van der Waals surface area (Å²) >= 11 is 0. The van der Waals surface area contributed by atoms with Crippen LogP contribution in [0.2, 0.25) is 0 Å². The number of hydrogen-bond donors (Lipinski definition) is 2. The molecule has 20 heavy (non-hydrogen) atoms. The first-order valence-electron chi connectivity index (χ1n) is 7.00. The van der Waals surface area contributed by atoms with Crippen molar-refractivity contribution < 1.29 is 13.2 Å². The number of sulfonamides is 1. The molecule has 0 radical (unpaired) electrons. The van der Waals surface area contributed by atoms with Crippen LogP contribution < -0.4 is 10.5 Å². The molecule has 110 valence electrons. The molecule has 1 aliphatic carbocycles. The maximum absolute atomic E-state index is 12.5. The van der Waals surface area contributed by atoms with Gasteiger partial charge in [-0.25, -0.2) is 13.1 Å². The molecule has 1 saturated heterocycles. The van der Waals surface area contributed by atoms with E-state index in [4.69, 9.17) is 10.5 Å². The fraction of sp³-hybridized carbons (Fsp3) is 0.571. The van der Waals surface area contributed by atoms with Crippen molar-refractivity contribution in [2.24, 2.45) is 5.73 Å². The summed E-state index contributed by atoms with van der Waals surface area (Å²) in [5.41, 5.74) is 8.26. The molecule has 1 aliphatic heterocycles. The Hall–Kier alpha value is -0.950. The molecular formula is C14H20N2O3S. The molecule has 3 rings (SSSR count). The second kappa shape index (κ2) is 5.44. The van der Waals surface area contributed by atoms with E-state index in [1.165, 1.54) is 0 Å². The molecule has 0 bridgehead atoms. The first-order chi connectivity index (χ1) is 9.58. The van der Waals surface area contributed by atoms with E-state index in [1.54, 1.807) is 0 Å². The Kier molecular flexibility index (Phi) is 3.81. The highest BCUT2D eigenvalue weighted by Crippen LogP contribution is 2.31. The molecule has 2 atom stereocenters. The third kappa shape index (κ3) is 2.61. The summed E-state index contributed by atoms with van der Waals surface area (Å²) in [4.78, 5) is 0. The normalized spacial score (nSPS) is 27.4. The van der Waals surface area contributed by atoms with Crippen LogP contribution in [-0.2, 0) is 21.2 Å². The average molecular weight is 296 g/mol. The van der Waals surface area contributed by atoms with E-state index in [0.29, 0.717) is 26.1 Å². The molecule has 0 aromatic heterocycles. The molecule has 0 saturated carbocycles. The van der Waals surface area contributed by atoms with Crippen LogP contribution in [0.3, 0.4) is 0 Å². The van der Waals surface area contributed by atoms with Gasteiger partial charge in [0.05, 0.1) is 11.3 Å². The van der Waals surface area contributed by atoms with Gasteiger partial charge in [0, 0.05) is 19.3 Å². The molecule has 2 aliphatic rings. The summed E-state index contributed by atoms with van der Waals surface area (Å²) in [6.07, 6.45) is 1.83. The standard InChI is InChI=1S/C14H20N2O3S/c15-13-9-10-3-1-2-4-12(10)14(13)16-20(17,18)11-5-7-19-8-6-11/h1-4,11,13-14,16H,5-9,15H2. The van der Waals surface area contributed by atoms with E-state index < -0.39 is 10.0 Å². The molecule has 6 heteroatoms. The first-order valence-corrected chi connectivity index (χ1v) is 8.55. The van der Waals surface area contributed by atoms with Crippen molar-refractivity contribution in [1.82, 2.24) is 4.72 Å². The van der Waals surface area contributed by atoms with E-state index in [0.717, 1.165) is 17.5 Å². The molecule has 2 unspecified atom stereocenters. The second-order valence-corrected chi connectivity index (χ2v) is 7.51. The van der Waals surface area contributed by atoms with Crippen LogP contribution in [0.15, 0.2) is 24.3 Å². The van der Waals surface area contributed by atoms with Crippen LogP contribution in [0.1, 0.15) is 30.0 Å². The Morgan fingerprint density at radius 3 is 2.65 bits per heavy atom. The van der Waals surface area contributed by atoms with Gasteiger partial charge in [-0.15, -0.1) is 0 Å². The van der Waals surface area contributed by atoms with E-state index in [-0.39, 0.29) is 17.3 Å². The third-order valence-electron chi connectivity index (χ3n) is 4.17. The molecule has 1 fully saturated rings. The van der Waals surface area contributed by atoms with Gasteiger partial charge < -0.3 is 10.5 Å². The molecular weight excluding hydrogens is 276 g/mol. The van der Waals surface area contributed by atoms with Crippen molar-refractivity contribution in [3.63, 3.8) is 0 Å². The fourth-order valence-corrected chi connectivity index (χ4v) is 4.70. The van der Waals surface area contributed by atoms with Gasteiger partial charge in [-0.3, -0.25) is 0 Å². The summed E-state index contributed by atoms with van der Waals surface area (Å²) in [6, 6.07) is 7.35. The van der Waals surface area contributed by atoms with Crippen molar-refractivity contribution in [3.8, 4) is 0 Å². The molecule has 5 nitrogen and oxygen atoms in total. The number of hydrogen-bond acceptors (Lipinski definition) is 4. The van der Waals surface area contributed by atoms with Crippen LogP contribution in [0.4, 0.5) is 0 Å². The monoisotopic (exact) mass is 296 g/mol. The van der Waals surface area contributed by atoms with Crippen molar-refractivity contribution >= 4 is 10.0 Å². The molecule has 1 heterocycles. The fourth-order valence-electron chi connectivity index (χ4n) is 3.04. The minimum absolute atomic E-state index is 0.193. The van der Waals surface area contributed by atoms with Crippen LogP contribution in [0, 0.1) is 0 Å². The lowest BCUT2D eigenvalue weighted by Gasteiger charge is -2.26. The number of ether oxygens (including phenoxy) is 1. The zero-order valence-corrected chi connectivity index (χ0v) is 12.1. The maximum atomic E-state index is 12.5. The third-order valence-corrected chi connectivity index (χ3v) is 6.10. The number of benzene rings is 1. The quantitative estimate of drug-likeness (QED) is 0.861. The SMILES string of the molecule is NC1Cc2ccccc2C1NS(=O)(=O)C1CCOCC1. The highest BCUT2D eigenvalue weighted by atomic mass is 32.2. The smallest absolute Gasteiger partial charge is 0.215 e. The van der Waals surface area contributed by atoms with E-state index in [1.807, 2.05) is 24.3 Å². The second-order valence-electron chi connectivity index (χ2n) is 5.52. The summed E-state index contributed by atoms with van der Waals surface area (Å²) < 4.78 is 33.0. The van der Waals surface area contributed by atoms with Crippen LogP contribution in [0.25, 0.3) is 0 Å². The van der Waals surface area contributed by atoms with Crippen molar-refractivity contribution in [2.75, 3.05) is 13.2 Å². The topological polar surface area (TPSA) is 81.4 Å². The largest absolute Gasteiger partial charge is 0.381 e. The lowest BCUT2D eigenvalue weighted by molar-refractivity contribution is 0.0980. The van der Waals surface area contributed by atoms with Gasteiger partial charge >= 0.3 is 0 Å². The van der Waals surface area contributed by atoms with Gasteiger partial charge in [-0.1, -0.05) is 24.3 Å². The summed E-state index contributed by atoms with van der Waals surface area (Å²) in [5.74, 6) is 0. The Bertz CT molecular complexity index is 582. The molecule has 1 aromatic rings. The number of fused-ring (bicyclic) bond motifs is 1.